The van der Waals surface area contributed by atoms with E-state index in [1.807, 2.05) is 60.7 Å². The van der Waals surface area contributed by atoms with Crippen molar-refractivity contribution in [1.29, 1.82) is 0 Å². The summed E-state index contributed by atoms with van der Waals surface area (Å²) in [5.74, 6) is -0.273. The normalized spacial score (nSPS) is 17.7. The number of benzene rings is 2. The first kappa shape index (κ1) is 23.5. The first-order valence-electron chi connectivity index (χ1n) is 10.9. The molecule has 0 unspecified atom stereocenters. The average molecular weight is 450 g/mol. The summed E-state index contributed by atoms with van der Waals surface area (Å²) in [5, 5.41) is 0. The maximum atomic E-state index is 12.8. The Hall–Kier alpha value is -3.12. The smallest absolute Gasteiger partial charge is 0.417 e. The quantitative estimate of drug-likeness (QED) is 0.281. The average Bonchev–Trinajstić information content (AvgIpc) is 3.13. The molecule has 3 rings (SSSR count). The number of amides is 2. The lowest BCUT2D eigenvalue weighted by Crippen LogP contribution is -2.39. The Morgan fingerprint density at radius 2 is 1.78 bits per heavy atom. The summed E-state index contributed by atoms with van der Waals surface area (Å²) >= 11 is 0. The molecule has 1 aliphatic rings. The van der Waals surface area contributed by atoms with Gasteiger partial charge in [0, 0.05) is 5.92 Å². The zero-order valence-corrected chi connectivity index (χ0v) is 19.9. The molecule has 0 aliphatic carbocycles. The fraction of sp³-hybridized carbons (Fsp3) is 0.308. The lowest BCUT2D eigenvalue weighted by Gasteiger charge is -2.18. The van der Waals surface area contributed by atoms with Crippen molar-refractivity contribution < 1.29 is 18.8 Å². The van der Waals surface area contributed by atoms with Crippen molar-refractivity contribution in [2.45, 2.75) is 44.4 Å². The van der Waals surface area contributed by atoms with E-state index in [-0.39, 0.29) is 24.5 Å². The molecule has 0 N–H and O–H groups in total. The number of hydrogen-bond acceptors (Lipinski definition) is 4. The van der Waals surface area contributed by atoms with Crippen LogP contribution in [0.2, 0.25) is 19.6 Å². The number of carbonyl (C=O) groups is 2. The molecule has 5 nitrogen and oxygen atoms in total. The van der Waals surface area contributed by atoms with Crippen LogP contribution in [0.1, 0.15) is 23.5 Å². The molecule has 2 atom stereocenters. The van der Waals surface area contributed by atoms with E-state index in [0.29, 0.717) is 12.8 Å². The van der Waals surface area contributed by atoms with E-state index in [1.165, 1.54) is 11.0 Å². The van der Waals surface area contributed by atoms with Crippen molar-refractivity contribution >= 4 is 20.3 Å². The van der Waals surface area contributed by atoms with Gasteiger partial charge in [-0.15, -0.1) is 0 Å². The van der Waals surface area contributed by atoms with Crippen LogP contribution >= 0.6 is 0 Å². The maximum Gasteiger partial charge on any atom is 0.417 e. The Morgan fingerprint density at radius 1 is 1.12 bits per heavy atom. The summed E-state index contributed by atoms with van der Waals surface area (Å²) in [7, 11) is -1.66. The van der Waals surface area contributed by atoms with E-state index in [0.717, 1.165) is 11.1 Å². The molecule has 0 saturated carbocycles. The van der Waals surface area contributed by atoms with E-state index in [2.05, 4.69) is 31.8 Å². The number of hydrogen-bond donors (Lipinski definition) is 0. The molecule has 0 bridgehead atoms. The van der Waals surface area contributed by atoms with Gasteiger partial charge in [0.2, 0.25) is 8.32 Å². The SMILES string of the molecule is C[Si](C)(C)O/C=C\[C@H](C/C=C/C(=O)N1C(=O)OC[C@@H]1Cc1ccccc1)c1ccccc1. The third kappa shape index (κ3) is 6.95. The van der Waals surface area contributed by atoms with E-state index in [1.54, 1.807) is 6.26 Å². The predicted octanol–water partition coefficient (Wildman–Crippen LogP) is 5.67. The number of cyclic esters (lactones) is 1. The summed E-state index contributed by atoms with van der Waals surface area (Å²) in [6.07, 6.45) is 7.74. The maximum absolute atomic E-state index is 12.8. The first-order chi connectivity index (χ1) is 15.3. The Balaban J connectivity index is 1.66. The highest BCUT2D eigenvalue weighted by Gasteiger charge is 2.36. The van der Waals surface area contributed by atoms with Crippen LogP contribution in [0.15, 0.2) is 85.2 Å². The summed E-state index contributed by atoms with van der Waals surface area (Å²) in [5.41, 5.74) is 2.21. The molecule has 32 heavy (non-hydrogen) atoms. The molecular formula is C26H31NO4Si. The van der Waals surface area contributed by atoms with Gasteiger partial charge in [0.25, 0.3) is 5.91 Å². The minimum Gasteiger partial charge on any atom is -0.550 e. The zero-order valence-electron chi connectivity index (χ0n) is 18.9. The monoisotopic (exact) mass is 449 g/mol. The molecule has 1 saturated heterocycles. The highest BCUT2D eigenvalue weighted by Crippen LogP contribution is 2.23. The standard InChI is InChI=1S/C26H31NO4Si/c1-32(2,3)31-18-17-23(22-13-8-5-9-14-22)15-10-16-25(28)27-24(20-30-26(27)29)19-21-11-6-4-7-12-21/h4-14,16-18,23-24H,15,19-20H2,1-3H3/b16-10+,18-17-/t23-,24-/m0/s1. The van der Waals surface area contributed by atoms with Gasteiger partial charge in [-0.25, -0.2) is 9.69 Å². The molecule has 2 aromatic rings. The van der Waals surface area contributed by atoms with Gasteiger partial charge < -0.3 is 9.16 Å². The Labute approximate surface area is 191 Å². The Morgan fingerprint density at radius 3 is 2.44 bits per heavy atom. The first-order valence-corrected chi connectivity index (χ1v) is 14.3. The van der Waals surface area contributed by atoms with Crippen molar-refractivity contribution in [1.82, 2.24) is 4.90 Å². The van der Waals surface area contributed by atoms with Crippen LogP contribution in [0.3, 0.4) is 0 Å². The molecule has 2 aromatic carbocycles. The van der Waals surface area contributed by atoms with Crippen molar-refractivity contribution in [3.8, 4) is 0 Å². The molecule has 0 spiro atoms. The molecule has 168 valence electrons. The number of carbonyl (C=O) groups excluding carboxylic acids is 2. The molecule has 1 aliphatic heterocycles. The Bertz CT molecular complexity index is 951. The second-order valence-electron chi connectivity index (χ2n) is 8.84. The van der Waals surface area contributed by atoms with Crippen LogP contribution in [0.25, 0.3) is 0 Å². The topological polar surface area (TPSA) is 55.8 Å². The van der Waals surface area contributed by atoms with Crippen LogP contribution in [-0.2, 0) is 20.4 Å². The summed E-state index contributed by atoms with van der Waals surface area (Å²) in [6.45, 7) is 6.62. The second kappa shape index (κ2) is 11.0. The molecule has 2 amide bonds. The third-order valence-corrected chi connectivity index (χ3v) is 5.97. The molecule has 0 radical (unpaired) electrons. The minimum absolute atomic E-state index is 0.0715. The lowest BCUT2D eigenvalue weighted by atomic mass is 9.95. The van der Waals surface area contributed by atoms with Gasteiger partial charge in [0.15, 0.2) is 0 Å². The zero-order chi connectivity index (χ0) is 23.0. The lowest BCUT2D eigenvalue weighted by molar-refractivity contribution is -0.124. The fourth-order valence-corrected chi connectivity index (χ4v) is 4.01. The van der Waals surface area contributed by atoms with Gasteiger partial charge in [-0.1, -0.05) is 66.7 Å². The molecule has 6 heteroatoms. The van der Waals surface area contributed by atoms with E-state index < -0.39 is 14.4 Å². The number of nitrogens with zero attached hydrogens (tertiary/aromatic N) is 1. The number of ether oxygens (including phenoxy) is 1. The van der Waals surface area contributed by atoms with Gasteiger partial charge in [-0.2, -0.15) is 0 Å². The number of rotatable bonds is 9. The molecule has 0 aromatic heterocycles. The summed E-state index contributed by atoms with van der Waals surface area (Å²) in [4.78, 5) is 26.2. The van der Waals surface area contributed by atoms with Crippen LogP contribution in [0.5, 0.6) is 0 Å². The van der Waals surface area contributed by atoms with Crippen LogP contribution in [0.4, 0.5) is 4.79 Å². The fourth-order valence-electron chi connectivity index (χ4n) is 3.53. The van der Waals surface area contributed by atoms with Gasteiger partial charge in [0.05, 0.1) is 12.3 Å². The van der Waals surface area contributed by atoms with E-state index >= 15 is 0 Å². The van der Waals surface area contributed by atoms with Crippen LogP contribution in [-0.4, -0.2) is 37.9 Å². The number of imide groups is 1. The van der Waals surface area contributed by atoms with Gasteiger partial charge in [-0.05, 0) is 55.8 Å². The van der Waals surface area contributed by atoms with Gasteiger partial charge >= 0.3 is 6.09 Å². The van der Waals surface area contributed by atoms with Crippen molar-refractivity contribution in [2.75, 3.05) is 6.61 Å². The third-order valence-electron chi connectivity index (χ3n) is 5.12. The number of allylic oxidation sites excluding steroid dienone is 2. The van der Waals surface area contributed by atoms with Crippen LogP contribution < -0.4 is 0 Å². The minimum atomic E-state index is -1.66. The molecular weight excluding hydrogens is 418 g/mol. The predicted molar refractivity (Wildman–Crippen MR) is 129 cm³/mol. The highest BCUT2D eigenvalue weighted by molar-refractivity contribution is 6.69. The summed E-state index contributed by atoms with van der Waals surface area (Å²) < 4.78 is 11.0. The molecule has 1 fully saturated rings. The molecule has 1 heterocycles. The Kier molecular flexibility index (Phi) is 8.06. The van der Waals surface area contributed by atoms with E-state index in [4.69, 9.17) is 9.16 Å². The van der Waals surface area contributed by atoms with Crippen molar-refractivity contribution in [3.05, 3.63) is 96.3 Å². The van der Waals surface area contributed by atoms with Crippen molar-refractivity contribution in [3.63, 3.8) is 0 Å². The largest absolute Gasteiger partial charge is 0.550 e. The summed E-state index contributed by atoms with van der Waals surface area (Å²) in [6, 6.07) is 19.6. The van der Waals surface area contributed by atoms with Crippen LogP contribution in [0, 0.1) is 0 Å². The van der Waals surface area contributed by atoms with Gasteiger partial charge in [-0.3, -0.25) is 4.79 Å². The van der Waals surface area contributed by atoms with Crippen molar-refractivity contribution in [2.24, 2.45) is 0 Å². The highest BCUT2D eigenvalue weighted by atomic mass is 28.4. The second-order valence-corrected chi connectivity index (χ2v) is 13.3. The van der Waals surface area contributed by atoms with Gasteiger partial charge in [0.1, 0.15) is 6.61 Å². The van der Waals surface area contributed by atoms with E-state index in [9.17, 15) is 9.59 Å².